The summed E-state index contributed by atoms with van der Waals surface area (Å²) in [5.41, 5.74) is 0.324. The van der Waals surface area contributed by atoms with E-state index >= 15 is 0 Å². The van der Waals surface area contributed by atoms with Crippen LogP contribution in [0.25, 0.3) is 0 Å². The summed E-state index contributed by atoms with van der Waals surface area (Å²) in [5.74, 6) is -0.0595. The maximum Gasteiger partial charge on any atom is 0.223 e. The maximum absolute atomic E-state index is 11.9. The van der Waals surface area contributed by atoms with Crippen molar-refractivity contribution >= 4 is 5.91 Å². The summed E-state index contributed by atoms with van der Waals surface area (Å²) in [4.78, 5) is 11.9. The van der Waals surface area contributed by atoms with E-state index < -0.39 is 5.60 Å². The first kappa shape index (κ1) is 13.1. The highest BCUT2D eigenvalue weighted by Crippen LogP contribution is 2.32. The van der Waals surface area contributed by atoms with Crippen LogP contribution in [-0.2, 0) is 4.79 Å². The van der Waals surface area contributed by atoms with Crippen molar-refractivity contribution < 1.29 is 9.90 Å². The lowest BCUT2D eigenvalue weighted by molar-refractivity contribution is -0.126. The molecule has 1 atom stereocenters. The first-order valence-electron chi connectivity index (χ1n) is 6.66. The minimum absolute atomic E-state index is 0.0105. The van der Waals surface area contributed by atoms with Crippen molar-refractivity contribution in [3.8, 4) is 0 Å². The summed E-state index contributed by atoms with van der Waals surface area (Å²) in [6.07, 6.45) is 3.78. The van der Waals surface area contributed by atoms with Crippen LogP contribution in [0.1, 0.15) is 50.6 Å². The highest BCUT2D eigenvalue weighted by Gasteiger charge is 2.33. The van der Waals surface area contributed by atoms with Gasteiger partial charge in [0.15, 0.2) is 0 Å². The van der Waals surface area contributed by atoms with E-state index in [4.69, 9.17) is 0 Å². The predicted octanol–water partition coefficient (Wildman–Crippen LogP) is 2.56. The highest BCUT2D eigenvalue weighted by molar-refractivity contribution is 5.77. The first-order valence-corrected chi connectivity index (χ1v) is 6.66. The number of aliphatic hydroxyl groups is 1. The van der Waals surface area contributed by atoms with Crippen LogP contribution < -0.4 is 5.32 Å². The number of hydrogen-bond donors (Lipinski definition) is 2. The summed E-state index contributed by atoms with van der Waals surface area (Å²) >= 11 is 0. The predicted molar refractivity (Wildman–Crippen MR) is 71.0 cm³/mol. The van der Waals surface area contributed by atoms with Gasteiger partial charge in [0.1, 0.15) is 0 Å². The summed E-state index contributed by atoms with van der Waals surface area (Å²) < 4.78 is 0. The topological polar surface area (TPSA) is 49.3 Å². The lowest BCUT2D eigenvalue weighted by Gasteiger charge is -2.23. The van der Waals surface area contributed by atoms with Gasteiger partial charge in [-0.3, -0.25) is 4.79 Å². The average Bonchev–Trinajstić information content (AvgIpc) is 2.76. The molecular weight excluding hydrogens is 226 g/mol. The number of nitrogens with one attached hydrogen (secondary N) is 1. The van der Waals surface area contributed by atoms with Crippen molar-refractivity contribution in [1.82, 2.24) is 5.32 Å². The lowest BCUT2D eigenvalue weighted by Crippen LogP contribution is -2.35. The fourth-order valence-corrected chi connectivity index (χ4v) is 2.63. The molecule has 18 heavy (non-hydrogen) atoms. The number of carbonyl (C=O) groups excluding carboxylic acids is 1. The molecule has 2 rings (SSSR count). The zero-order valence-corrected chi connectivity index (χ0v) is 10.9. The molecule has 98 valence electrons. The Morgan fingerprint density at radius 1 is 1.33 bits per heavy atom. The van der Waals surface area contributed by atoms with Crippen LogP contribution >= 0.6 is 0 Å². The molecule has 1 aliphatic rings. The van der Waals surface area contributed by atoms with Gasteiger partial charge in [-0.25, -0.2) is 0 Å². The van der Waals surface area contributed by atoms with E-state index in [0.29, 0.717) is 0 Å². The summed E-state index contributed by atoms with van der Waals surface area (Å²) in [7, 11) is 0. The van der Waals surface area contributed by atoms with Crippen molar-refractivity contribution in [1.29, 1.82) is 0 Å². The molecule has 0 radical (unpaired) electrons. The number of carbonyl (C=O) groups is 1. The Labute approximate surface area is 108 Å². The molecule has 1 fully saturated rings. The molecule has 0 bridgehead atoms. The molecule has 1 saturated carbocycles. The van der Waals surface area contributed by atoms with Gasteiger partial charge in [0.05, 0.1) is 18.1 Å². The molecule has 0 aliphatic heterocycles. The Bertz CT molecular complexity index is 396. The zero-order chi connectivity index (χ0) is 13.0. The number of amides is 1. The van der Waals surface area contributed by atoms with Gasteiger partial charge < -0.3 is 10.4 Å². The quantitative estimate of drug-likeness (QED) is 0.859. The third-order valence-electron chi connectivity index (χ3n) is 3.70. The molecule has 3 heteroatoms. The van der Waals surface area contributed by atoms with Crippen LogP contribution in [0.4, 0.5) is 0 Å². The fourth-order valence-electron chi connectivity index (χ4n) is 2.63. The Morgan fingerprint density at radius 3 is 2.56 bits per heavy atom. The largest absolute Gasteiger partial charge is 0.389 e. The maximum atomic E-state index is 11.9. The van der Waals surface area contributed by atoms with E-state index in [-0.39, 0.29) is 18.4 Å². The minimum Gasteiger partial charge on any atom is -0.389 e. The van der Waals surface area contributed by atoms with Crippen LogP contribution in [0.3, 0.4) is 0 Å². The van der Waals surface area contributed by atoms with E-state index in [2.05, 4.69) is 5.32 Å². The molecule has 1 aliphatic carbocycles. The van der Waals surface area contributed by atoms with E-state index in [1.165, 1.54) is 0 Å². The standard InChI is InChI=1S/C15H21NO2/c1-12(13-7-3-2-4-8-13)16-14(17)11-15(18)9-5-6-10-15/h2-4,7-8,12,18H,5-6,9-11H2,1H3,(H,16,17). The first-order chi connectivity index (χ1) is 8.59. The van der Waals surface area contributed by atoms with Crippen LogP contribution in [0.2, 0.25) is 0 Å². The van der Waals surface area contributed by atoms with Gasteiger partial charge in [-0.1, -0.05) is 43.2 Å². The smallest absolute Gasteiger partial charge is 0.223 e. The van der Waals surface area contributed by atoms with E-state index in [1.54, 1.807) is 0 Å². The van der Waals surface area contributed by atoms with Crippen molar-refractivity contribution in [3.63, 3.8) is 0 Å². The summed E-state index contributed by atoms with van der Waals surface area (Å²) in [6.45, 7) is 1.96. The number of hydrogen-bond acceptors (Lipinski definition) is 2. The third kappa shape index (κ3) is 3.33. The normalized spacial score (nSPS) is 19.4. The van der Waals surface area contributed by atoms with Crippen molar-refractivity contribution in [2.24, 2.45) is 0 Å². The van der Waals surface area contributed by atoms with Crippen LogP contribution in [0.15, 0.2) is 30.3 Å². The van der Waals surface area contributed by atoms with Gasteiger partial charge in [0, 0.05) is 0 Å². The van der Waals surface area contributed by atoms with Crippen molar-refractivity contribution in [3.05, 3.63) is 35.9 Å². The van der Waals surface area contributed by atoms with Crippen LogP contribution in [-0.4, -0.2) is 16.6 Å². The molecule has 0 aromatic heterocycles. The molecule has 3 nitrogen and oxygen atoms in total. The number of rotatable bonds is 4. The molecule has 1 amide bonds. The van der Waals surface area contributed by atoms with Gasteiger partial charge >= 0.3 is 0 Å². The Hall–Kier alpha value is -1.35. The third-order valence-corrected chi connectivity index (χ3v) is 3.70. The molecule has 0 saturated heterocycles. The molecule has 1 aromatic rings. The van der Waals surface area contributed by atoms with Gasteiger partial charge in [0.2, 0.25) is 5.91 Å². The second-order valence-corrected chi connectivity index (χ2v) is 5.31. The van der Waals surface area contributed by atoms with Crippen LogP contribution in [0.5, 0.6) is 0 Å². The second-order valence-electron chi connectivity index (χ2n) is 5.31. The lowest BCUT2D eigenvalue weighted by atomic mass is 9.97. The van der Waals surface area contributed by atoms with Crippen molar-refractivity contribution in [2.45, 2.75) is 50.7 Å². The SMILES string of the molecule is CC(NC(=O)CC1(O)CCCC1)c1ccccc1. The number of benzene rings is 1. The molecule has 0 heterocycles. The van der Waals surface area contributed by atoms with E-state index in [9.17, 15) is 9.90 Å². The van der Waals surface area contributed by atoms with E-state index in [1.807, 2.05) is 37.3 Å². The second kappa shape index (κ2) is 5.53. The summed E-state index contributed by atoms with van der Waals surface area (Å²) in [6, 6.07) is 9.86. The van der Waals surface area contributed by atoms with Gasteiger partial charge in [-0.2, -0.15) is 0 Å². The molecular formula is C15H21NO2. The minimum atomic E-state index is -0.763. The van der Waals surface area contributed by atoms with Gasteiger partial charge in [-0.15, -0.1) is 0 Å². The van der Waals surface area contributed by atoms with E-state index in [0.717, 1.165) is 31.2 Å². The Kier molecular flexibility index (Phi) is 4.02. The van der Waals surface area contributed by atoms with Gasteiger partial charge in [0.25, 0.3) is 0 Å². The molecule has 2 N–H and O–H groups in total. The Balaban J connectivity index is 1.88. The van der Waals surface area contributed by atoms with Gasteiger partial charge in [-0.05, 0) is 25.3 Å². The van der Waals surface area contributed by atoms with Crippen LogP contribution in [0, 0.1) is 0 Å². The molecule has 0 spiro atoms. The monoisotopic (exact) mass is 247 g/mol. The molecule has 1 aromatic carbocycles. The average molecular weight is 247 g/mol. The van der Waals surface area contributed by atoms with Crippen molar-refractivity contribution in [2.75, 3.05) is 0 Å². The fraction of sp³-hybridized carbons (Fsp3) is 0.533. The zero-order valence-electron chi connectivity index (χ0n) is 10.9. The Morgan fingerprint density at radius 2 is 1.94 bits per heavy atom. The molecule has 1 unspecified atom stereocenters. The highest BCUT2D eigenvalue weighted by atomic mass is 16.3. The summed E-state index contributed by atoms with van der Waals surface area (Å²) in [5, 5.41) is 13.1.